The minimum absolute atomic E-state index is 0.0327. The number of likely N-dealkylation sites (N-methyl/N-ethyl adjacent to an activating group) is 1. The highest BCUT2D eigenvalue weighted by molar-refractivity contribution is 7.45. The van der Waals surface area contributed by atoms with Crippen LogP contribution in [0.4, 0.5) is 0 Å². The SMILES string of the molecule is CCCCC/C=C\C/C=C\C/C=C\C/C=C\CCCC(=O)NC(COP(=O)([O-])OCC[N+](C)(C)C)C(/C=C/CCCCCCCCCCCC)OC(=O)CCCCCCCCCCCCCCC. The molecule has 0 aliphatic rings. The first-order valence-electron chi connectivity index (χ1n) is 28.1. The van der Waals surface area contributed by atoms with Crippen molar-refractivity contribution in [2.75, 3.05) is 40.9 Å². The Balaban J connectivity index is 5.46. The van der Waals surface area contributed by atoms with E-state index in [1.54, 1.807) is 0 Å². The number of nitrogens with zero attached hydrogens (tertiary/aromatic N) is 1. The smallest absolute Gasteiger partial charge is 0.306 e. The molecule has 0 radical (unpaired) electrons. The summed E-state index contributed by atoms with van der Waals surface area (Å²) in [5.41, 5.74) is 0. The molecular formula is C58H107N2O7P. The number of carbonyl (C=O) groups is 2. The second kappa shape index (κ2) is 48.3. The second-order valence-corrected chi connectivity index (χ2v) is 21.5. The maximum atomic E-state index is 13.4. The highest BCUT2D eigenvalue weighted by Gasteiger charge is 2.27. The number of nitrogens with one attached hydrogen (secondary N) is 1. The molecule has 10 heteroatoms. The van der Waals surface area contributed by atoms with Crippen LogP contribution in [-0.4, -0.2) is 69.4 Å². The molecule has 0 aromatic carbocycles. The van der Waals surface area contributed by atoms with Gasteiger partial charge in [0.25, 0.3) is 7.82 Å². The molecule has 0 fully saturated rings. The Bertz CT molecular complexity index is 1350. The highest BCUT2D eigenvalue weighted by Crippen LogP contribution is 2.38. The van der Waals surface area contributed by atoms with Crippen LogP contribution in [0, 0.1) is 0 Å². The van der Waals surface area contributed by atoms with E-state index < -0.39 is 26.6 Å². The van der Waals surface area contributed by atoms with E-state index in [1.165, 1.54) is 141 Å². The van der Waals surface area contributed by atoms with E-state index in [1.807, 2.05) is 33.3 Å². The standard InChI is InChI=1S/C58H107N2O7P/c1-7-10-13-16-19-22-25-28-29-30-31-33-35-38-41-44-47-50-57(61)59-55(54-66-68(63,64)65-53-52-60(4,5)6)56(49-46-43-40-37-34-27-24-21-18-15-12-9-3)67-58(62)51-48-45-42-39-36-32-26-23-20-17-14-11-8-2/h19,22,28-29,31,33,38,41,46,49,55-56H,7-18,20-21,23-27,30,32,34-37,39-40,42-45,47-48,50-54H2,1-6H3,(H-,59,61,63,64)/b22-19-,29-28-,33-31-,41-38-,49-46+. The summed E-state index contributed by atoms with van der Waals surface area (Å²) in [4.78, 5) is 39.8. The van der Waals surface area contributed by atoms with E-state index in [0.29, 0.717) is 17.4 Å². The molecule has 0 saturated heterocycles. The molecule has 0 aromatic heterocycles. The lowest BCUT2D eigenvalue weighted by Crippen LogP contribution is -2.47. The summed E-state index contributed by atoms with van der Waals surface area (Å²) >= 11 is 0. The molecule has 0 aliphatic heterocycles. The summed E-state index contributed by atoms with van der Waals surface area (Å²) in [6.07, 6.45) is 59.0. The number of hydrogen-bond acceptors (Lipinski definition) is 7. The number of rotatable bonds is 50. The van der Waals surface area contributed by atoms with Crippen LogP contribution >= 0.6 is 7.82 Å². The predicted molar refractivity (Wildman–Crippen MR) is 289 cm³/mol. The van der Waals surface area contributed by atoms with Crippen molar-refractivity contribution in [1.29, 1.82) is 0 Å². The Morgan fingerprint density at radius 3 is 1.40 bits per heavy atom. The normalized spacial score (nSPS) is 14.3. The lowest BCUT2D eigenvalue weighted by molar-refractivity contribution is -0.870. The molecule has 0 spiro atoms. The number of ether oxygens (including phenoxy) is 1. The number of quaternary nitrogens is 1. The molecule has 9 nitrogen and oxygen atoms in total. The maximum Gasteiger partial charge on any atom is 0.306 e. The van der Waals surface area contributed by atoms with Crippen molar-refractivity contribution < 1.29 is 37.3 Å². The third-order valence-electron chi connectivity index (χ3n) is 12.2. The van der Waals surface area contributed by atoms with Crippen molar-refractivity contribution in [1.82, 2.24) is 5.32 Å². The molecule has 0 aliphatic carbocycles. The zero-order valence-corrected chi connectivity index (χ0v) is 45.9. The summed E-state index contributed by atoms with van der Waals surface area (Å²) in [6, 6.07) is -0.914. The Hall–Kier alpha value is -2.29. The fourth-order valence-corrected chi connectivity index (χ4v) is 8.53. The molecular weight excluding hydrogens is 868 g/mol. The third-order valence-corrected chi connectivity index (χ3v) is 13.2. The molecule has 3 unspecified atom stereocenters. The van der Waals surface area contributed by atoms with Gasteiger partial charge in [-0.1, -0.05) is 223 Å². The molecule has 0 rings (SSSR count). The molecule has 1 amide bonds. The average Bonchev–Trinajstić information content (AvgIpc) is 3.29. The molecule has 3 atom stereocenters. The summed E-state index contributed by atoms with van der Waals surface area (Å²) < 4.78 is 30.2. The number of hydrogen-bond donors (Lipinski definition) is 1. The Labute approximate surface area is 420 Å². The van der Waals surface area contributed by atoms with E-state index in [0.717, 1.165) is 64.2 Å². The summed E-state index contributed by atoms with van der Waals surface area (Å²) in [6.45, 7) is 6.76. The van der Waals surface area contributed by atoms with Gasteiger partial charge >= 0.3 is 5.97 Å². The third kappa shape index (κ3) is 48.7. The largest absolute Gasteiger partial charge is 0.756 e. The van der Waals surface area contributed by atoms with Crippen molar-refractivity contribution in [2.24, 2.45) is 0 Å². The van der Waals surface area contributed by atoms with Gasteiger partial charge < -0.3 is 28.5 Å². The zero-order chi connectivity index (χ0) is 50.1. The van der Waals surface area contributed by atoms with Crippen molar-refractivity contribution in [2.45, 2.75) is 258 Å². The molecule has 0 heterocycles. The second-order valence-electron chi connectivity index (χ2n) is 20.1. The zero-order valence-electron chi connectivity index (χ0n) is 45.1. The number of unbranched alkanes of at least 4 members (excludes halogenated alkanes) is 26. The van der Waals surface area contributed by atoms with Crippen molar-refractivity contribution in [3.05, 3.63) is 60.8 Å². The molecule has 0 bridgehead atoms. The number of carbonyl (C=O) groups excluding carboxylic acids is 2. The van der Waals surface area contributed by atoms with E-state index in [9.17, 15) is 19.0 Å². The van der Waals surface area contributed by atoms with Gasteiger partial charge in [0.2, 0.25) is 5.91 Å². The van der Waals surface area contributed by atoms with Gasteiger partial charge in [-0.25, -0.2) is 0 Å². The lowest BCUT2D eigenvalue weighted by Gasteiger charge is -2.30. The van der Waals surface area contributed by atoms with E-state index in [-0.39, 0.29) is 31.3 Å². The van der Waals surface area contributed by atoms with Gasteiger partial charge in [-0.2, -0.15) is 0 Å². The fraction of sp³-hybridized carbons (Fsp3) is 0.793. The van der Waals surface area contributed by atoms with Crippen LogP contribution in [0.2, 0.25) is 0 Å². The van der Waals surface area contributed by atoms with Gasteiger partial charge in [0.1, 0.15) is 19.3 Å². The Kier molecular flexibility index (Phi) is 46.7. The summed E-state index contributed by atoms with van der Waals surface area (Å²) in [7, 11) is 1.15. The summed E-state index contributed by atoms with van der Waals surface area (Å²) in [5, 5.41) is 2.98. The quantitative estimate of drug-likeness (QED) is 0.0212. The molecule has 396 valence electrons. The Morgan fingerprint density at radius 2 is 0.912 bits per heavy atom. The molecule has 68 heavy (non-hydrogen) atoms. The van der Waals surface area contributed by atoms with Gasteiger partial charge in [-0.3, -0.25) is 14.2 Å². The number of phosphoric ester groups is 1. The number of allylic oxidation sites excluding steroid dienone is 9. The first kappa shape index (κ1) is 65.7. The van der Waals surface area contributed by atoms with E-state index in [4.69, 9.17) is 13.8 Å². The minimum Gasteiger partial charge on any atom is -0.756 e. The van der Waals surface area contributed by atoms with Gasteiger partial charge in [0, 0.05) is 12.8 Å². The maximum absolute atomic E-state index is 13.4. The van der Waals surface area contributed by atoms with Crippen LogP contribution in [0.1, 0.15) is 245 Å². The van der Waals surface area contributed by atoms with Crippen LogP contribution < -0.4 is 10.2 Å². The van der Waals surface area contributed by atoms with Gasteiger partial charge in [-0.15, -0.1) is 0 Å². The monoisotopic (exact) mass is 975 g/mol. The summed E-state index contributed by atoms with van der Waals surface area (Å²) in [5.74, 6) is -0.604. The van der Waals surface area contributed by atoms with Crippen LogP contribution in [0.3, 0.4) is 0 Å². The van der Waals surface area contributed by atoms with Crippen LogP contribution in [0.25, 0.3) is 0 Å². The van der Waals surface area contributed by atoms with Crippen molar-refractivity contribution in [3.8, 4) is 0 Å². The van der Waals surface area contributed by atoms with Gasteiger partial charge in [-0.05, 0) is 70.3 Å². The molecule has 0 saturated carbocycles. The van der Waals surface area contributed by atoms with Crippen LogP contribution in [0.15, 0.2) is 60.8 Å². The molecule has 1 N–H and O–H groups in total. The lowest BCUT2D eigenvalue weighted by atomic mass is 10.0. The van der Waals surface area contributed by atoms with Gasteiger partial charge in [0.05, 0.1) is 33.8 Å². The van der Waals surface area contributed by atoms with Gasteiger partial charge in [0.15, 0.2) is 0 Å². The van der Waals surface area contributed by atoms with E-state index >= 15 is 0 Å². The predicted octanol–water partition coefficient (Wildman–Crippen LogP) is 16.1. The van der Waals surface area contributed by atoms with Crippen LogP contribution in [-0.2, 0) is 27.9 Å². The Morgan fingerprint density at radius 1 is 0.515 bits per heavy atom. The number of amides is 1. The topological polar surface area (TPSA) is 114 Å². The van der Waals surface area contributed by atoms with Crippen molar-refractivity contribution in [3.63, 3.8) is 0 Å². The average molecular weight is 975 g/mol. The first-order chi connectivity index (χ1) is 32.9. The molecule has 0 aromatic rings. The first-order valence-corrected chi connectivity index (χ1v) is 29.6. The highest BCUT2D eigenvalue weighted by atomic mass is 31.2. The fourth-order valence-electron chi connectivity index (χ4n) is 7.81. The van der Waals surface area contributed by atoms with Crippen LogP contribution in [0.5, 0.6) is 0 Å². The van der Waals surface area contributed by atoms with E-state index in [2.05, 4.69) is 74.7 Å². The minimum atomic E-state index is -4.70. The number of esters is 1. The number of phosphoric acid groups is 1. The van der Waals surface area contributed by atoms with Crippen molar-refractivity contribution >= 4 is 19.7 Å².